The van der Waals surface area contributed by atoms with Crippen LogP contribution in [-0.4, -0.2) is 43.7 Å². The van der Waals surface area contributed by atoms with E-state index in [0.29, 0.717) is 23.5 Å². The highest BCUT2D eigenvalue weighted by Crippen LogP contribution is 2.23. The molecule has 1 unspecified atom stereocenters. The van der Waals surface area contributed by atoms with Crippen molar-refractivity contribution in [1.29, 1.82) is 0 Å². The molecular formula is C17H27NO2S2. The molecule has 1 heterocycles. The zero-order chi connectivity index (χ0) is 16.2. The van der Waals surface area contributed by atoms with Gasteiger partial charge in [0.15, 0.2) is 9.84 Å². The van der Waals surface area contributed by atoms with E-state index in [0.717, 1.165) is 25.9 Å². The van der Waals surface area contributed by atoms with Crippen LogP contribution in [0.5, 0.6) is 0 Å². The molecule has 0 amide bonds. The fraction of sp³-hybridized carbons (Fsp3) is 0.647. The Bertz CT molecular complexity index is 584. The van der Waals surface area contributed by atoms with Gasteiger partial charge in [-0.25, -0.2) is 8.42 Å². The molecule has 22 heavy (non-hydrogen) atoms. The third-order valence-electron chi connectivity index (χ3n) is 4.40. The number of thioether (sulfide) groups is 1. The topological polar surface area (TPSA) is 37.4 Å². The third-order valence-corrected chi connectivity index (χ3v) is 6.96. The minimum Gasteiger partial charge on any atom is -0.297 e. The van der Waals surface area contributed by atoms with E-state index in [4.69, 9.17) is 0 Å². The second-order valence-corrected chi connectivity index (χ2v) is 9.58. The summed E-state index contributed by atoms with van der Waals surface area (Å²) in [5.41, 5.74) is 1.33. The molecule has 0 aliphatic carbocycles. The average Bonchev–Trinajstić information content (AvgIpc) is 2.82. The van der Waals surface area contributed by atoms with Gasteiger partial charge in [-0.3, -0.25) is 4.90 Å². The molecule has 0 spiro atoms. The molecular weight excluding hydrogens is 314 g/mol. The molecule has 5 heteroatoms. The summed E-state index contributed by atoms with van der Waals surface area (Å²) in [6, 6.07) is 9.14. The van der Waals surface area contributed by atoms with Gasteiger partial charge in [0.2, 0.25) is 0 Å². The summed E-state index contributed by atoms with van der Waals surface area (Å²) in [6.45, 7) is 6.33. The van der Waals surface area contributed by atoms with Gasteiger partial charge >= 0.3 is 0 Å². The fourth-order valence-corrected chi connectivity index (χ4v) is 5.37. The standard InChI is InChI=1S/C17H27NO2S2/c1-14(2)18(9-7-15-8-10-22(19,20)13-15)12-16-5-4-6-17(11-16)21-3/h4-6,11,14-15H,7-10,12-13H2,1-3H3. The second kappa shape index (κ2) is 7.84. The van der Waals surface area contributed by atoms with E-state index >= 15 is 0 Å². The summed E-state index contributed by atoms with van der Waals surface area (Å²) in [6.07, 6.45) is 3.93. The molecule has 3 nitrogen and oxygen atoms in total. The van der Waals surface area contributed by atoms with Gasteiger partial charge in [-0.05, 0) is 63.1 Å². The maximum absolute atomic E-state index is 11.6. The van der Waals surface area contributed by atoms with Crippen LogP contribution in [0.3, 0.4) is 0 Å². The van der Waals surface area contributed by atoms with Crippen molar-refractivity contribution in [3.63, 3.8) is 0 Å². The molecule has 2 rings (SSSR count). The number of hydrogen-bond acceptors (Lipinski definition) is 4. The van der Waals surface area contributed by atoms with Crippen LogP contribution in [0.1, 0.15) is 32.3 Å². The first-order valence-electron chi connectivity index (χ1n) is 7.97. The molecule has 1 fully saturated rings. The van der Waals surface area contributed by atoms with Gasteiger partial charge in [-0.15, -0.1) is 11.8 Å². The molecule has 0 aromatic heterocycles. The van der Waals surface area contributed by atoms with Gasteiger partial charge in [-0.2, -0.15) is 0 Å². The summed E-state index contributed by atoms with van der Waals surface area (Å²) in [5.74, 6) is 1.12. The van der Waals surface area contributed by atoms with E-state index in [2.05, 4.69) is 49.3 Å². The van der Waals surface area contributed by atoms with Gasteiger partial charge < -0.3 is 0 Å². The first kappa shape index (κ1) is 17.8. The molecule has 1 aliphatic rings. The SMILES string of the molecule is CSc1cccc(CN(CCC2CCS(=O)(=O)C2)C(C)C)c1. The number of rotatable bonds is 7. The summed E-state index contributed by atoms with van der Waals surface area (Å²) < 4.78 is 23.1. The molecule has 1 saturated heterocycles. The minimum absolute atomic E-state index is 0.351. The lowest BCUT2D eigenvalue weighted by Crippen LogP contribution is -2.32. The maximum Gasteiger partial charge on any atom is 0.150 e. The summed E-state index contributed by atoms with van der Waals surface area (Å²) in [5, 5.41) is 0. The van der Waals surface area contributed by atoms with Crippen LogP contribution in [0.4, 0.5) is 0 Å². The lowest BCUT2D eigenvalue weighted by atomic mass is 10.0. The van der Waals surface area contributed by atoms with Crippen molar-refractivity contribution in [1.82, 2.24) is 4.90 Å². The molecule has 1 aromatic carbocycles. The highest BCUT2D eigenvalue weighted by atomic mass is 32.2. The highest BCUT2D eigenvalue weighted by molar-refractivity contribution is 7.98. The van der Waals surface area contributed by atoms with Crippen LogP contribution < -0.4 is 0 Å². The van der Waals surface area contributed by atoms with Gasteiger partial charge in [0.25, 0.3) is 0 Å². The normalized spacial score (nSPS) is 20.9. The Hall–Kier alpha value is -0.520. The number of benzene rings is 1. The Morgan fingerprint density at radius 1 is 1.36 bits per heavy atom. The zero-order valence-electron chi connectivity index (χ0n) is 13.8. The summed E-state index contributed by atoms with van der Waals surface area (Å²) in [7, 11) is -2.75. The Morgan fingerprint density at radius 3 is 2.73 bits per heavy atom. The average molecular weight is 342 g/mol. The summed E-state index contributed by atoms with van der Waals surface area (Å²) >= 11 is 1.77. The molecule has 1 atom stereocenters. The number of hydrogen-bond donors (Lipinski definition) is 0. The highest BCUT2D eigenvalue weighted by Gasteiger charge is 2.28. The first-order chi connectivity index (χ1) is 10.4. The molecule has 0 N–H and O–H groups in total. The predicted octanol–water partition coefficient (Wildman–Crippen LogP) is 3.44. The molecule has 0 radical (unpaired) electrons. The van der Waals surface area contributed by atoms with Crippen LogP contribution in [0.15, 0.2) is 29.2 Å². The molecule has 0 bridgehead atoms. The van der Waals surface area contributed by atoms with E-state index in [-0.39, 0.29) is 0 Å². The monoisotopic (exact) mass is 341 g/mol. The van der Waals surface area contributed by atoms with Crippen molar-refractivity contribution in [2.45, 2.75) is 44.2 Å². The van der Waals surface area contributed by atoms with Crippen molar-refractivity contribution in [2.24, 2.45) is 5.92 Å². The van der Waals surface area contributed by atoms with Gasteiger partial charge in [0.1, 0.15) is 0 Å². The van der Waals surface area contributed by atoms with E-state index in [9.17, 15) is 8.42 Å². The lowest BCUT2D eigenvalue weighted by Gasteiger charge is -2.27. The number of nitrogens with zero attached hydrogens (tertiary/aromatic N) is 1. The third kappa shape index (κ3) is 5.28. The van der Waals surface area contributed by atoms with E-state index in [1.54, 1.807) is 11.8 Å². The van der Waals surface area contributed by atoms with E-state index in [1.165, 1.54) is 10.5 Å². The van der Waals surface area contributed by atoms with E-state index < -0.39 is 9.84 Å². The Kier molecular flexibility index (Phi) is 6.36. The lowest BCUT2D eigenvalue weighted by molar-refractivity contribution is 0.199. The molecule has 1 aromatic rings. The van der Waals surface area contributed by atoms with Crippen LogP contribution in [-0.2, 0) is 16.4 Å². The predicted molar refractivity (Wildman–Crippen MR) is 95.1 cm³/mol. The van der Waals surface area contributed by atoms with Crippen molar-refractivity contribution in [3.05, 3.63) is 29.8 Å². The first-order valence-corrected chi connectivity index (χ1v) is 11.0. The zero-order valence-corrected chi connectivity index (χ0v) is 15.4. The molecule has 0 saturated carbocycles. The van der Waals surface area contributed by atoms with E-state index in [1.807, 2.05) is 0 Å². The van der Waals surface area contributed by atoms with Crippen molar-refractivity contribution in [2.75, 3.05) is 24.3 Å². The van der Waals surface area contributed by atoms with Gasteiger partial charge in [-0.1, -0.05) is 12.1 Å². The summed E-state index contributed by atoms with van der Waals surface area (Å²) in [4.78, 5) is 3.74. The van der Waals surface area contributed by atoms with Crippen molar-refractivity contribution in [3.8, 4) is 0 Å². The van der Waals surface area contributed by atoms with Gasteiger partial charge in [0.05, 0.1) is 11.5 Å². The molecule has 124 valence electrons. The second-order valence-electron chi connectivity index (χ2n) is 6.47. The Balaban J connectivity index is 1.92. The Labute approximate surface area is 139 Å². The molecule has 1 aliphatic heterocycles. The van der Waals surface area contributed by atoms with Crippen molar-refractivity contribution < 1.29 is 8.42 Å². The quantitative estimate of drug-likeness (QED) is 0.712. The fourth-order valence-electron chi connectivity index (χ4n) is 2.97. The van der Waals surface area contributed by atoms with Crippen LogP contribution in [0, 0.1) is 5.92 Å². The Morgan fingerprint density at radius 2 is 2.14 bits per heavy atom. The largest absolute Gasteiger partial charge is 0.297 e. The smallest absolute Gasteiger partial charge is 0.150 e. The van der Waals surface area contributed by atoms with Crippen LogP contribution >= 0.6 is 11.8 Å². The van der Waals surface area contributed by atoms with Crippen molar-refractivity contribution >= 4 is 21.6 Å². The van der Waals surface area contributed by atoms with Gasteiger partial charge in [0, 0.05) is 17.5 Å². The minimum atomic E-state index is -2.75. The van der Waals surface area contributed by atoms with Crippen LogP contribution in [0.25, 0.3) is 0 Å². The van der Waals surface area contributed by atoms with Crippen LogP contribution in [0.2, 0.25) is 0 Å². The number of sulfone groups is 1. The maximum atomic E-state index is 11.6.